The van der Waals surface area contributed by atoms with Crippen molar-refractivity contribution < 1.29 is 0 Å². The molecule has 0 fully saturated rings. The lowest BCUT2D eigenvalue weighted by atomic mass is 10.1. The molecule has 19 heavy (non-hydrogen) atoms. The summed E-state index contributed by atoms with van der Waals surface area (Å²) in [5, 5.41) is 7.88. The molecule has 0 aliphatic heterocycles. The van der Waals surface area contributed by atoms with Gasteiger partial charge in [-0.3, -0.25) is 9.67 Å². The zero-order chi connectivity index (χ0) is 13.8. The molecule has 3 N–H and O–H groups in total. The smallest absolute Gasteiger partial charge is 0.148 e. The maximum absolute atomic E-state index is 6.16. The van der Waals surface area contributed by atoms with Crippen LogP contribution in [0.1, 0.15) is 37.6 Å². The summed E-state index contributed by atoms with van der Waals surface area (Å²) in [4.78, 5) is 4.03. The Morgan fingerprint density at radius 2 is 2.05 bits per heavy atom. The molecule has 0 saturated carbocycles. The van der Waals surface area contributed by atoms with Gasteiger partial charge in [0, 0.05) is 19.4 Å². The molecule has 2 rings (SSSR count). The van der Waals surface area contributed by atoms with Gasteiger partial charge in [0.05, 0.1) is 17.4 Å². The van der Waals surface area contributed by atoms with Crippen LogP contribution in [0.15, 0.2) is 24.5 Å². The number of aromatic nitrogens is 3. The average Bonchev–Trinajstić information content (AvgIpc) is 2.68. The summed E-state index contributed by atoms with van der Waals surface area (Å²) < 4.78 is 1.82. The van der Waals surface area contributed by atoms with E-state index >= 15 is 0 Å². The fourth-order valence-electron chi connectivity index (χ4n) is 2.13. The quantitative estimate of drug-likeness (QED) is 0.865. The van der Waals surface area contributed by atoms with E-state index in [-0.39, 0.29) is 6.04 Å². The lowest BCUT2D eigenvalue weighted by Crippen LogP contribution is -2.11. The van der Waals surface area contributed by atoms with E-state index in [1.807, 2.05) is 23.9 Å². The van der Waals surface area contributed by atoms with Crippen LogP contribution in [0.3, 0.4) is 0 Å². The van der Waals surface area contributed by atoms with E-state index < -0.39 is 0 Å². The summed E-state index contributed by atoms with van der Waals surface area (Å²) in [6.07, 6.45) is 5.54. The van der Waals surface area contributed by atoms with Crippen LogP contribution < -0.4 is 11.1 Å². The van der Waals surface area contributed by atoms with E-state index in [1.165, 1.54) is 5.56 Å². The van der Waals surface area contributed by atoms with E-state index in [0.717, 1.165) is 30.0 Å². The van der Waals surface area contributed by atoms with E-state index in [9.17, 15) is 0 Å². The highest BCUT2D eigenvalue weighted by Crippen LogP contribution is 2.27. The lowest BCUT2D eigenvalue weighted by molar-refractivity contribution is 0.725. The lowest BCUT2D eigenvalue weighted by Gasteiger charge is -2.16. The third-order valence-corrected chi connectivity index (χ3v) is 3.21. The fourth-order valence-corrected chi connectivity index (χ4v) is 2.13. The van der Waals surface area contributed by atoms with E-state index in [2.05, 4.69) is 29.2 Å². The van der Waals surface area contributed by atoms with Gasteiger partial charge < -0.3 is 11.1 Å². The first kappa shape index (κ1) is 13.4. The highest BCUT2D eigenvalue weighted by molar-refractivity contribution is 5.65. The number of rotatable bonds is 5. The Bertz CT molecular complexity index is 532. The van der Waals surface area contributed by atoms with Crippen LogP contribution in [0.2, 0.25) is 0 Å². The zero-order valence-corrected chi connectivity index (χ0v) is 11.7. The van der Waals surface area contributed by atoms with Crippen molar-refractivity contribution >= 4 is 11.5 Å². The largest absolute Gasteiger partial charge is 0.394 e. The molecule has 2 aromatic rings. The normalized spacial score (nSPS) is 12.4. The number of hydrogen-bond acceptors (Lipinski definition) is 4. The van der Waals surface area contributed by atoms with Crippen molar-refractivity contribution in [2.24, 2.45) is 7.05 Å². The number of hydrogen-bond donors (Lipinski definition) is 2. The van der Waals surface area contributed by atoms with Gasteiger partial charge in [0.2, 0.25) is 0 Å². The van der Waals surface area contributed by atoms with Gasteiger partial charge in [0.25, 0.3) is 0 Å². The zero-order valence-electron chi connectivity index (χ0n) is 11.7. The van der Waals surface area contributed by atoms with Crippen molar-refractivity contribution in [1.29, 1.82) is 0 Å². The van der Waals surface area contributed by atoms with Crippen molar-refractivity contribution in [3.63, 3.8) is 0 Å². The average molecular weight is 259 g/mol. The summed E-state index contributed by atoms with van der Waals surface area (Å²) >= 11 is 0. The second-order valence-corrected chi connectivity index (χ2v) is 4.73. The molecule has 0 spiro atoms. The Morgan fingerprint density at radius 3 is 2.68 bits per heavy atom. The third kappa shape index (κ3) is 2.86. The molecule has 5 nitrogen and oxygen atoms in total. The number of nitrogens with zero attached hydrogens (tertiary/aromatic N) is 3. The number of nitrogen functional groups attached to an aromatic ring is 1. The van der Waals surface area contributed by atoms with Gasteiger partial charge in [-0.15, -0.1) is 0 Å². The first-order chi connectivity index (χ1) is 9.13. The predicted molar refractivity (Wildman–Crippen MR) is 77.9 cm³/mol. The maximum atomic E-state index is 6.16. The van der Waals surface area contributed by atoms with Crippen molar-refractivity contribution in [2.75, 3.05) is 11.1 Å². The number of nitrogens with one attached hydrogen (secondary N) is 1. The van der Waals surface area contributed by atoms with Crippen LogP contribution in [-0.4, -0.2) is 14.8 Å². The first-order valence-electron chi connectivity index (χ1n) is 6.61. The molecule has 0 bridgehead atoms. The van der Waals surface area contributed by atoms with Gasteiger partial charge in [-0.05, 0) is 31.0 Å². The standard InChI is InChI=1S/C14H21N5/c1-4-5-12-13(15)14(19(3)18-12)17-10(2)11-6-8-16-9-7-11/h6-10,17H,4-5,15H2,1-3H3. The minimum absolute atomic E-state index is 0.162. The highest BCUT2D eigenvalue weighted by atomic mass is 15.3. The van der Waals surface area contributed by atoms with Crippen molar-refractivity contribution in [1.82, 2.24) is 14.8 Å². The molecule has 2 aromatic heterocycles. The Hall–Kier alpha value is -2.04. The van der Waals surface area contributed by atoms with Gasteiger partial charge in [0.1, 0.15) is 5.82 Å². The van der Waals surface area contributed by atoms with E-state index in [4.69, 9.17) is 5.73 Å². The minimum atomic E-state index is 0.162. The molecule has 102 valence electrons. The Labute approximate surface area is 113 Å². The Morgan fingerprint density at radius 1 is 1.37 bits per heavy atom. The fraction of sp³-hybridized carbons (Fsp3) is 0.429. The number of anilines is 2. The summed E-state index contributed by atoms with van der Waals surface area (Å²) in [6, 6.07) is 4.16. The molecule has 0 aliphatic carbocycles. The van der Waals surface area contributed by atoms with Crippen LogP contribution in [0.5, 0.6) is 0 Å². The van der Waals surface area contributed by atoms with E-state index in [1.54, 1.807) is 12.4 Å². The number of aryl methyl sites for hydroxylation is 2. The van der Waals surface area contributed by atoms with Crippen LogP contribution in [0.4, 0.5) is 11.5 Å². The SMILES string of the molecule is CCCc1nn(C)c(NC(C)c2ccncc2)c1N. The van der Waals surface area contributed by atoms with Gasteiger partial charge in [0.15, 0.2) is 0 Å². The second kappa shape index (κ2) is 5.73. The molecule has 2 heterocycles. The van der Waals surface area contributed by atoms with Gasteiger partial charge >= 0.3 is 0 Å². The molecule has 1 unspecified atom stereocenters. The molecular formula is C14H21N5. The predicted octanol–water partition coefficient (Wildman–Crippen LogP) is 2.52. The van der Waals surface area contributed by atoms with Gasteiger partial charge in [-0.1, -0.05) is 13.3 Å². The molecule has 0 amide bonds. The van der Waals surface area contributed by atoms with Crippen LogP contribution >= 0.6 is 0 Å². The van der Waals surface area contributed by atoms with Gasteiger partial charge in [-0.2, -0.15) is 5.10 Å². The van der Waals surface area contributed by atoms with Gasteiger partial charge in [-0.25, -0.2) is 0 Å². The summed E-state index contributed by atoms with van der Waals surface area (Å²) in [5.41, 5.74) is 9.05. The van der Waals surface area contributed by atoms with Crippen molar-refractivity contribution in [2.45, 2.75) is 32.7 Å². The third-order valence-electron chi connectivity index (χ3n) is 3.21. The monoisotopic (exact) mass is 259 g/mol. The van der Waals surface area contributed by atoms with Crippen LogP contribution in [0.25, 0.3) is 0 Å². The van der Waals surface area contributed by atoms with Crippen molar-refractivity contribution in [3.05, 3.63) is 35.8 Å². The maximum Gasteiger partial charge on any atom is 0.148 e. The molecule has 0 saturated heterocycles. The summed E-state index contributed by atoms with van der Waals surface area (Å²) in [6.45, 7) is 4.22. The molecular weight excluding hydrogens is 238 g/mol. The topological polar surface area (TPSA) is 68.8 Å². The highest BCUT2D eigenvalue weighted by Gasteiger charge is 2.15. The number of nitrogens with two attached hydrogens (primary N) is 1. The van der Waals surface area contributed by atoms with Crippen molar-refractivity contribution in [3.8, 4) is 0 Å². The van der Waals surface area contributed by atoms with E-state index in [0.29, 0.717) is 0 Å². The number of pyridine rings is 1. The van der Waals surface area contributed by atoms with Crippen LogP contribution in [-0.2, 0) is 13.5 Å². The molecule has 0 aliphatic rings. The molecule has 0 radical (unpaired) electrons. The second-order valence-electron chi connectivity index (χ2n) is 4.73. The molecule has 0 aromatic carbocycles. The summed E-state index contributed by atoms with van der Waals surface area (Å²) in [7, 11) is 1.91. The Kier molecular flexibility index (Phi) is 4.04. The first-order valence-corrected chi connectivity index (χ1v) is 6.61. The minimum Gasteiger partial charge on any atom is -0.394 e. The summed E-state index contributed by atoms with van der Waals surface area (Å²) in [5.74, 6) is 0.882. The Balaban J connectivity index is 2.19. The molecule has 5 heteroatoms. The molecule has 1 atom stereocenters. The van der Waals surface area contributed by atoms with Crippen LogP contribution in [0, 0.1) is 0 Å².